The molecule has 2 aromatic rings. The number of para-hydroxylation sites is 1. The highest BCUT2D eigenvalue weighted by Gasteiger charge is 2.02. The predicted octanol–water partition coefficient (Wildman–Crippen LogP) is 3.02. The number of nitrogen functional groups attached to an aromatic ring is 1. The van der Waals surface area contributed by atoms with Crippen LogP contribution in [-0.4, -0.2) is 7.11 Å². The molecule has 0 saturated carbocycles. The Kier molecular flexibility index (Phi) is 2.96. The average Bonchev–Trinajstić information content (AvgIpc) is 2.31. The van der Waals surface area contributed by atoms with Crippen LogP contribution in [0.5, 0.6) is 5.75 Å². The van der Waals surface area contributed by atoms with E-state index in [1.165, 1.54) is 0 Å². The topological polar surface area (TPSA) is 47.3 Å². The standard InChI is InChI=1S/C13H14N2O/c1-16-13-8-7-10(14)9-12(13)15-11-5-3-2-4-6-11/h2-9,15H,14H2,1H3. The van der Waals surface area contributed by atoms with Crippen LogP contribution in [0.25, 0.3) is 0 Å². The van der Waals surface area contributed by atoms with E-state index in [0.717, 1.165) is 17.1 Å². The van der Waals surface area contributed by atoms with Crippen LogP contribution < -0.4 is 15.8 Å². The lowest BCUT2D eigenvalue weighted by molar-refractivity contribution is 0.417. The SMILES string of the molecule is COc1ccc(N)cc1Nc1ccccc1. The summed E-state index contributed by atoms with van der Waals surface area (Å²) in [6.07, 6.45) is 0. The monoisotopic (exact) mass is 214 g/mol. The van der Waals surface area contributed by atoms with E-state index in [0.29, 0.717) is 5.69 Å². The summed E-state index contributed by atoms with van der Waals surface area (Å²) in [5, 5.41) is 3.26. The fraction of sp³-hybridized carbons (Fsp3) is 0.0769. The zero-order valence-electron chi connectivity index (χ0n) is 9.10. The second-order valence-electron chi connectivity index (χ2n) is 3.45. The number of hydrogen-bond acceptors (Lipinski definition) is 3. The summed E-state index contributed by atoms with van der Waals surface area (Å²) in [6, 6.07) is 15.4. The van der Waals surface area contributed by atoms with Crippen molar-refractivity contribution in [2.45, 2.75) is 0 Å². The summed E-state index contributed by atoms with van der Waals surface area (Å²) in [6.45, 7) is 0. The van der Waals surface area contributed by atoms with E-state index in [1.807, 2.05) is 48.5 Å². The van der Waals surface area contributed by atoms with Crippen molar-refractivity contribution in [2.75, 3.05) is 18.2 Å². The highest BCUT2D eigenvalue weighted by atomic mass is 16.5. The van der Waals surface area contributed by atoms with Gasteiger partial charge < -0.3 is 15.8 Å². The minimum atomic E-state index is 0.708. The molecule has 0 radical (unpaired) electrons. The maximum atomic E-state index is 5.74. The first kappa shape index (κ1) is 10.4. The van der Waals surface area contributed by atoms with Crippen LogP contribution in [-0.2, 0) is 0 Å². The van der Waals surface area contributed by atoms with Crippen LogP contribution in [0.2, 0.25) is 0 Å². The molecule has 0 saturated heterocycles. The van der Waals surface area contributed by atoms with E-state index >= 15 is 0 Å². The lowest BCUT2D eigenvalue weighted by atomic mass is 10.2. The Bertz CT molecular complexity index is 469. The van der Waals surface area contributed by atoms with Crippen molar-refractivity contribution in [3.63, 3.8) is 0 Å². The van der Waals surface area contributed by atoms with E-state index in [2.05, 4.69) is 5.32 Å². The van der Waals surface area contributed by atoms with Crippen LogP contribution in [0.15, 0.2) is 48.5 Å². The van der Waals surface area contributed by atoms with Gasteiger partial charge in [-0.25, -0.2) is 0 Å². The summed E-state index contributed by atoms with van der Waals surface area (Å²) in [5.41, 5.74) is 8.32. The zero-order chi connectivity index (χ0) is 11.4. The van der Waals surface area contributed by atoms with Gasteiger partial charge in [0.25, 0.3) is 0 Å². The molecule has 3 N–H and O–H groups in total. The molecule has 0 bridgehead atoms. The maximum Gasteiger partial charge on any atom is 0.142 e. The minimum Gasteiger partial charge on any atom is -0.495 e. The van der Waals surface area contributed by atoms with Crippen LogP contribution in [0.3, 0.4) is 0 Å². The molecule has 2 rings (SSSR count). The lowest BCUT2D eigenvalue weighted by Crippen LogP contribution is -1.96. The maximum absolute atomic E-state index is 5.74. The third-order valence-corrected chi connectivity index (χ3v) is 2.28. The molecular weight excluding hydrogens is 200 g/mol. The van der Waals surface area contributed by atoms with Gasteiger partial charge in [-0.3, -0.25) is 0 Å². The van der Waals surface area contributed by atoms with Crippen LogP contribution in [0, 0.1) is 0 Å². The first-order valence-electron chi connectivity index (χ1n) is 5.05. The van der Waals surface area contributed by atoms with Crippen molar-refractivity contribution in [2.24, 2.45) is 0 Å². The minimum absolute atomic E-state index is 0.708. The second kappa shape index (κ2) is 4.57. The predicted molar refractivity (Wildman–Crippen MR) is 67.1 cm³/mol. The van der Waals surface area contributed by atoms with Gasteiger partial charge in [-0.05, 0) is 30.3 Å². The van der Waals surface area contributed by atoms with E-state index in [-0.39, 0.29) is 0 Å². The fourth-order valence-electron chi connectivity index (χ4n) is 1.50. The molecule has 16 heavy (non-hydrogen) atoms. The number of rotatable bonds is 3. The third-order valence-electron chi connectivity index (χ3n) is 2.28. The molecule has 3 nitrogen and oxygen atoms in total. The van der Waals surface area contributed by atoms with Gasteiger partial charge in [-0.2, -0.15) is 0 Å². The van der Waals surface area contributed by atoms with E-state index in [1.54, 1.807) is 7.11 Å². The Morgan fingerprint density at radius 1 is 1.06 bits per heavy atom. The third kappa shape index (κ3) is 2.25. The van der Waals surface area contributed by atoms with Gasteiger partial charge >= 0.3 is 0 Å². The first-order chi connectivity index (χ1) is 7.79. The van der Waals surface area contributed by atoms with E-state index in [9.17, 15) is 0 Å². The smallest absolute Gasteiger partial charge is 0.142 e. The number of hydrogen-bond donors (Lipinski definition) is 2. The molecule has 0 spiro atoms. The van der Waals surface area contributed by atoms with Crippen LogP contribution >= 0.6 is 0 Å². The number of nitrogens with one attached hydrogen (secondary N) is 1. The molecule has 0 aliphatic carbocycles. The van der Waals surface area contributed by atoms with Gasteiger partial charge in [-0.1, -0.05) is 18.2 Å². The molecule has 2 aromatic carbocycles. The molecule has 0 aromatic heterocycles. The first-order valence-corrected chi connectivity index (χ1v) is 5.05. The Hall–Kier alpha value is -2.16. The van der Waals surface area contributed by atoms with Gasteiger partial charge in [-0.15, -0.1) is 0 Å². The number of benzene rings is 2. The van der Waals surface area contributed by atoms with Crippen molar-refractivity contribution in [3.05, 3.63) is 48.5 Å². The van der Waals surface area contributed by atoms with Gasteiger partial charge in [0.2, 0.25) is 0 Å². The molecule has 0 fully saturated rings. The summed E-state index contributed by atoms with van der Waals surface area (Å²) < 4.78 is 5.25. The highest BCUT2D eigenvalue weighted by molar-refractivity contribution is 5.70. The molecule has 0 atom stereocenters. The largest absolute Gasteiger partial charge is 0.495 e. The van der Waals surface area contributed by atoms with Crippen LogP contribution in [0.1, 0.15) is 0 Å². The van der Waals surface area contributed by atoms with Gasteiger partial charge in [0, 0.05) is 11.4 Å². The Morgan fingerprint density at radius 2 is 1.81 bits per heavy atom. The zero-order valence-corrected chi connectivity index (χ0v) is 9.10. The number of methoxy groups -OCH3 is 1. The van der Waals surface area contributed by atoms with Crippen molar-refractivity contribution in [1.82, 2.24) is 0 Å². The summed E-state index contributed by atoms with van der Waals surface area (Å²) in [4.78, 5) is 0. The highest BCUT2D eigenvalue weighted by Crippen LogP contribution is 2.29. The van der Waals surface area contributed by atoms with Gasteiger partial charge in [0.15, 0.2) is 0 Å². The number of anilines is 3. The quantitative estimate of drug-likeness (QED) is 0.772. The van der Waals surface area contributed by atoms with Gasteiger partial charge in [0.05, 0.1) is 12.8 Å². The summed E-state index contributed by atoms with van der Waals surface area (Å²) in [5.74, 6) is 0.776. The van der Waals surface area contributed by atoms with Crippen molar-refractivity contribution < 1.29 is 4.74 Å². The van der Waals surface area contributed by atoms with Gasteiger partial charge in [0.1, 0.15) is 5.75 Å². The van der Waals surface area contributed by atoms with Crippen LogP contribution in [0.4, 0.5) is 17.1 Å². The molecule has 0 aliphatic rings. The Morgan fingerprint density at radius 3 is 2.50 bits per heavy atom. The van der Waals surface area contributed by atoms with Crippen molar-refractivity contribution in [3.8, 4) is 5.75 Å². The Balaban J connectivity index is 2.30. The molecule has 0 amide bonds. The molecular formula is C13H14N2O. The lowest BCUT2D eigenvalue weighted by Gasteiger charge is -2.11. The normalized spacial score (nSPS) is 9.81. The Labute approximate surface area is 94.9 Å². The number of ether oxygens (including phenoxy) is 1. The molecule has 82 valence electrons. The molecule has 3 heteroatoms. The summed E-state index contributed by atoms with van der Waals surface area (Å²) >= 11 is 0. The van der Waals surface area contributed by atoms with E-state index < -0.39 is 0 Å². The molecule has 0 aliphatic heterocycles. The van der Waals surface area contributed by atoms with Crippen molar-refractivity contribution >= 4 is 17.1 Å². The van der Waals surface area contributed by atoms with Crippen molar-refractivity contribution in [1.29, 1.82) is 0 Å². The van der Waals surface area contributed by atoms with E-state index in [4.69, 9.17) is 10.5 Å². The summed E-state index contributed by atoms with van der Waals surface area (Å²) in [7, 11) is 1.64. The average molecular weight is 214 g/mol. The fourth-order valence-corrected chi connectivity index (χ4v) is 1.50. The molecule has 0 unspecified atom stereocenters. The number of nitrogens with two attached hydrogens (primary N) is 1. The second-order valence-corrected chi connectivity index (χ2v) is 3.45. The molecule has 0 heterocycles.